The van der Waals surface area contributed by atoms with Gasteiger partial charge in [0.15, 0.2) is 5.58 Å². The first-order valence-electron chi connectivity index (χ1n) is 8.48. The number of carbonyl (C=O) groups excluding carboxylic acids is 1. The number of fused-ring (bicyclic) bond motifs is 1. The van der Waals surface area contributed by atoms with Crippen molar-refractivity contribution in [1.82, 2.24) is 4.98 Å². The molecule has 1 aromatic heterocycles. The summed E-state index contributed by atoms with van der Waals surface area (Å²) in [5, 5.41) is 3.40. The van der Waals surface area contributed by atoms with Crippen LogP contribution in [-0.2, 0) is 4.79 Å². The summed E-state index contributed by atoms with van der Waals surface area (Å²) in [5.74, 6) is -0.503. The van der Waals surface area contributed by atoms with Crippen molar-refractivity contribution in [2.24, 2.45) is 0 Å². The number of anilines is 1. The maximum absolute atomic E-state index is 13.9. The molecule has 0 saturated carbocycles. The molecule has 0 aliphatic carbocycles. The molecular weight excluding hydrogens is 379 g/mol. The average Bonchev–Trinajstić information content (AvgIpc) is 3.11. The third kappa shape index (κ3) is 3.94. The summed E-state index contributed by atoms with van der Waals surface area (Å²) in [7, 11) is 0. The molecule has 0 atom stereocenters. The Bertz CT molecular complexity index is 1180. The van der Waals surface area contributed by atoms with E-state index in [2.05, 4.69) is 10.3 Å². The van der Waals surface area contributed by atoms with Gasteiger partial charge in [-0.25, -0.2) is 9.37 Å². The van der Waals surface area contributed by atoms with Gasteiger partial charge in [-0.1, -0.05) is 35.9 Å². The van der Waals surface area contributed by atoms with Gasteiger partial charge in [0.2, 0.25) is 11.8 Å². The molecule has 4 nitrogen and oxygen atoms in total. The molecule has 0 fully saturated rings. The van der Waals surface area contributed by atoms with Crippen LogP contribution in [0.15, 0.2) is 77.2 Å². The normalized spacial score (nSPS) is 11.2. The smallest absolute Gasteiger partial charge is 0.248 e. The van der Waals surface area contributed by atoms with Gasteiger partial charge < -0.3 is 9.73 Å². The van der Waals surface area contributed by atoms with E-state index in [0.717, 1.165) is 5.56 Å². The molecular formula is C22H14ClFN2O2. The third-order valence-corrected chi connectivity index (χ3v) is 4.31. The van der Waals surface area contributed by atoms with Gasteiger partial charge >= 0.3 is 0 Å². The fraction of sp³-hybridized carbons (Fsp3) is 0. The minimum Gasteiger partial charge on any atom is -0.436 e. The summed E-state index contributed by atoms with van der Waals surface area (Å²) >= 11 is 5.84. The number of oxazole rings is 1. The van der Waals surface area contributed by atoms with Crippen molar-refractivity contribution in [2.75, 3.05) is 5.32 Å². The van der Waals surface area contributed by atoms with Crippen molar-refractivity contribution < 1.29 is 13.6 Å². The minimum absolute atomic E-state index is 0.194. The van der Waals surface area contributed by atoms with Crippen molar-refractivity contribution >= 4 is 40.4 Å². The predicted molar refractivity (Wildman–Crippen MR) is 109 cm³/mol. The first-order valence-corrected chi connectivity index (χ1v) is 8.86. The van der Waals surface area contributed by atoms with E-state index in [1.807, 2.05) is 12.1 Å². The molecule has 4 rings (SSSR count). The zero-order chi connectivity index (χ0) is 19.5. The van der Waals surface area contributed by atoms with Crippen LogP contribution >= 0.6 is 11.6 Å². The molecule has 0 aliphatic rings. The van der Waals surface area contributed by atoms with Crippen molar-refractivity contribution in [3.05, 3.63) is 89.2 Å². The van der Waals surface area contributed by atoms with E-state index in [-0.39, 0.29) is 17.4 Å². The summed E-state index contributed by atoms with van der Waals surface area (Å²) in [4.78, 5) is 16.4. The van der Waals surface area contributed by atoms with Gasteiger partial charge in [-0.15, -0.1) is 0 Å². The fourth-order valence-corrected chi connectivity index (χ4v) is 2.81. The van der Waals surface area contributed by atoms with E-state index in [4.69, 9.17) is 16.0 Å². The molecule has 0 aliphatic heterocycles. The van der Waals surface area contributed by atoms with Gasteiger partial charge in [0.05, 0.1) is 5.56 Å². The number of carbonyl (C=O) groups is 1. The number of hydrogen-bond donors (Lipinski definition) is 1. The second kappa shape index (κ2) is 7.66. The van der Waals surface area contributed by atoms with Crippen molar-refractivity contribution in [2.45, 2.75) is 0 Å². The van der Waals surface area contributed by atoms with E-state index in [1.165, 1.54) is 12.1 Å². The lowest BCUT2D eigenvalue weighted by molar-refractivity contribution is -0.111. The highest BCUT2D eigenvalue weighted by atomic mass is 35.5. The maximum atomic E-state index is 13.9. The van der Waals surface area contributed by atoms with Crippen LogP contribution in [0.25, 0.3) is 28.6 Å². The number of rotatable bonds is 4. The Balaban J connectivity index is 1.52. The molecule has 0 bridgehead atoms. The summed E-state index contributed by atoms with van der Waals surface area (Å²) in [6.07, 6.45) is 3.12. The maximum Gasteiger partial charge on any atom is 0.248 e. The van der Waals surface area contributed by atoms with Crippen molar-refractivity contribution in [3.8, 4) is 11.5 Å². The van der Waals surface area contributed by atoms with E-state index in [1.54, 1.807) is 54.6 Å². The Labute approximate surface area is 165 Å². The Morgan fingerprint density at radius 3 is 2.64 bits per heavy atom. The predicted octanol–water partition coefficient (Wildman–Crippen LogP) is 5.94. The van der Waals surface area contributed by atoms with Crippen LogP contribution in [0.2, 0.25) is 5.02 Å². The second-order valence-electron chi connectivity index (χ2n) is 6.06. The van der Waals surface area contributed by atoms with Crippen molar-refractivity contribution in [1.29, 1.82) is 0 Å². The van der Waals surface area contributed by atoms with Crippen LogP contribution in [-0.4, -0.2) is 10.9 Å². The lowest BCUT2D eigenvalue weighted by Gasteiger charge is -2.01. The molecule has 4 aromatic rings. The highest BCUT2D eigenvalue weighted by molar-refractivity contribution is 6.30. The quantitative estimate of drug-likeness (QED) is 0.437. The lowest BCUT2D eigenvalue weighted by atomic mass is 10.2. The Hall–Kier alpha value is -3.44. The first kappa shape index (κ1) is 17.9. The summed E-state index contributed by atoms with van der Waals surface area (Å²) in [5.41, 5.74) is 2.73. The highest BCUT2D eigenvalue weighted by Gasteiger charge is 2.12. The van der Waals surface area contributed by atoms with Gasteiger partial charge in [-0.2, -0.15) is 0 Å². The zero-order valence-corrected chi connectivity index (χ0v) is 15.3. The second-order valence-corrected chi connectivity index (χ2v) is 6.49. The number of benzene rings is 3. The molecule has 28 heavy (non-hydrogen) atoms. The summed E-state index contributed by atoms with van der Waals surface area (Å²) in [6, 6.07) is 18.5. The lowest BCUT2D eigenvalue weighted by Crippen LogP contribution is -2.07. The van der Waals surface area contributed by atoms with Gasteiger partial charge in [-0.3, -0.25) is 4.79 Å². The van der Waals surface area contributed by atoms with Gasteiger partial charge in [0.1, 0.15) is 11.3 Å². The van der Waals surface area contributed by atoms with Crippen LogP contribution < -0.4 is 5.32 Å². The minimum atomic E-state index is -0.407. The Morgan fingerprint density at radius 2 is 1.86 bits per heavy atom. The van der Waals surface area contributed by atoms with Crippen LogP contribution in [0.1, 0.15) is 5.56 Å². The van der Waals surface area contributed by atoms with E-state index >= 15 is 0 Å². The molecule has 1 heterocycles. The molecule has 1 N–H and O–H groups in total. The van der Waals surface area contributed by atoms with Gasteiger partial charge in [0, 0.05) is 22.9 Å². The molecule has 0 saturated heterocycles. The van der Waals surface area contributed by atoms with E-state index in [0.29, 0.717) is 21.8 Å². The molecule has 0 unspecified atom stereocenters. The molecule has 3 aromatic carbocycles. The molecule has 1 amide bonds. The van der Waals surface area contributed by atoms with Gasteiger partial charge in [-0.05, 0) is 48.0 Å². The fourth-order valence-electron chi connectivity index (χ4n) is 2.68. The van der Waals surface area contributed by atoms with E-state index < -0.39 is 5.82 Å². The van der Waals surface area contributed by atoms with Crippen molar-refractivity contribution in [3.63, 3.8) is 0 Å². The van der Waals surface area contributed by atoms with Crippen LogP contribution in [0.4, 0.5) is 10.1 Å². The summed E-state index contributed by atoms with van der Waals surface area (Å²) in [6.45, 7) is 0. The third-order valence-electron chi connectivity index (χ3n) is 4.06. The van der Waals surface area contributed by atoms with E-state index in [9.17, 15) is 9.18 Å². The molecule has 138 valence electrons. The SMILES string of the molecule is O=C(/C=C\c1ccc(Cl)cc1)Nc1ccc2nc(-c3ccccc3F)oc2c1. The molecule has 0 radical (unpaired) electrons. The standard InChI is InChI=1S/C22H14ClFN2O2/c23-15-8-5-14(6-9-15)7-12-21(27)25-16-10-11-19-20(13-16)28-22(26-19)17-3-1-2-4-18(17)24/h1-13H,(H,25,27)/b12-7-. The van der Waals surface area contributed by atoms with Crippen LogP contribution in [0.3, 0.4) is 0 Å². The number of nitrogens with zero attached hydrogens (tertiary/aromatic N) is 1. The first-order chi connectivity index (χ1) is 13.6. The number of amides is 1. The molecule has 0 spiro atoms. The Morgan fingerprint density at radius 1 is 1.07 bits per heavy atom. The van der Waals surface area contributed by atoms with Gasteiger partial charge in [0.25, 0.3) is 0 Å². The average molecular weight is 393 g/mol. The zero-order valence-electron chi connectivity index (χ0n) is 14.5. The number of aromatic nitrogens is 1. The Kier molecular flexibility index (Phi) is 4.91. The number of hydrogen-bond acceptors (Lipinski definition) is 3. The highest BCUT2D eigenvalue weighted by Crippen LogP contribution is 2.27. The van der Waals surface area contributed by atoms with Crippen LogP contribution in [0, 0.1) is 5.82 Å². The number of halogens is 2. The molecule has 6 heteroatoms. The summed E-state index contributed by atoms with van der Waals surface area (Å²) < 4.78 is 19.6. The monoisotopic (exact) mass is 392 g/mol. The topological polar surface area (TPSA) is 55.1 Å². The van der Waals surface area contributed by atoms with Crippen LogP contribution in [0.5, 0.6) is 0 Å². The number of nitrogens with one attached hydrogen (secondary N) is 1. The largest absolute Gasteiger partial charge is 0.436 e.